The lowest BCUT2D eigenvalue weighted by Crippen LogP contribution is -2.41. The van der Waals surface area contributed by atoms with Crippen LogP contribution in [0.5, 0.6) is 0 Å². The molecule has 2 aliphatic rings. The molecule has 27 heavy (non-hydrogen) atoms. The Bertz CT molecular complexity index is 898. The first-order valence-corrected chi connectivity index (χ1v) is 11.6. The molecule has 1 saturated carbocycles. The van der Waals surface area contributed by atoms with Crippen LogP contribution in [-0.4, -0.2) is 49.8 Å². The maximum absolute atomic E-state index is 13.4. The van der Waals surface area contributed by atoms with Crippen molar-refractivity contribution in [2.24, 2.45) is 5.92 Å². The molecule has 4 rings (SSSR count). The van der Waals surface area contributed by atoms with Gasteiger partial charge < -0.3 is 4.90 Å². The van der Waals surface area contributed by atoms with Crippen LogP contribution < -0.4 is 0 Å². The van der Waals surface area contributed by atoms with Crippen LogP contribution in [0.2, 0.25) is 0 Å². The summed E-state index contributed by atoms with van der Waals surface area (Å²) in [5, 5.41) is 1.78. The standard InChI is InChI=1S/C22H30N2O2S/c1-17-12-14-24(15-13-17)20-11-10-19(16-20)23(2)27(25,26)22-9-5-7-18-6-3-4-8-21(18)22/h3-9,17,19-20H,10-16H2,1-2H3. The van der Waals surface area contributed by atoms with Gasteiger partial charge in [-0.05, 0) is 62.6 Å². The third-order valence-electron chi connectivity index (χ3n) is 6.63. The van der Waals surface area contributed by atoms with Crippen LogP contribution in [0.3, 0.4) is 0 Å². The lowest BCUT2D eigenvalue weighted by Gasteiger charge is -2.35. The number of nitrogens with zero attached hydrogens (tertiary/aromatic N) is 2. The summed E-state index contributed by atoms with van der Waals surface area (Å²) in [7, 11) is -1.73. The number of sulfonamides is 1. The van der Waals surface area contributed by atoms with Gasteiger partial charge in [-0.15, -0.1) is 0 Å². The molecule has 0 radical (unpaired) electrons. The average Bonchev–Trinajstić information content (AvgIpc) is 3.17. The molecule has 2 atom stereocenters. The van der Waals surface area contributed by atoms with Crippen molar-refractivity contribution in [3.63, 3.8) is 0 Å². The van der Waals surface area contributed by atoms with E-state index >= 15 is 0 Å². The van der Waals surface area contributed by atoms with Gasteiger partial charge in [0, 0.05) is 24.5 Å². The lowest BCUT2D eigenvalue weighted by atomic mass is 9.97. The summed E-state index contributed by atoms with van der Waals surface area (Å²) in [6, 6.07) is 13.9. The smallest absolute Gasteiger partial charge is 0.243 e. The molecule has 1 heterocycles. The molecule has 2 fully saturated rings. The van der Waals surface area contributed by atoms with Crippen molar-refractivity contribution in [3.8, 4) is 0 Å². The first-order chi connectivity index (χ1) is 13.0. The van der Waals surface area contributed by atoms with Gasteiger partial charge in [0.2, 0.25) is 10.0 Å². The Morgan fingerprint density at radius 1 is 0.963 bits per heavy atom. The van der Waals surface area contributed by atoms with Crippen molar-refractivity contribution < 1.29 is 8.42 Å². The maximum Gasteiger partial charge on any atom is 0.243 e. The van der Waals surface area contributed by atoms with E-state index in [1.807, 2.05) is 36.4 Å². The van der Waals surface area contributed by atoms with Gasteiger partial charge in [0.05, 0.1) is 4.90 Å². The number of likely N-dealkylation sites (tertiary alicyclic amines) is 1. The van der Waals surface area contributed by atoms with E-state index in [2.05, 4.69) is 11.8 Å². The van der Waals surface area contributed by atoms with Gasteiger partial charge in [0.25, 0.3) is 0 Å². The van der Waals surface area contributed by atoms with E-state index in [4.69, 9.17) is 0 Å². The fourth-order valence-corrected chi connectivity index (χ4v) is 6.37. The van der Waals surface area contributed by atoms with Gasteiger partial charge in [-0.1, -0.05) is 43.3 Å². The van der Waals surface area contributed by atoms with Crippen molar-refractivity contribution >= 4 is 20.8 Å². The molecule has 1 saturated heterocycles. The fourth-order valence-electron chi connectivity index (χ4n) is 4.76. The van der Waals surface area contributed by atoms with E-state index in [1.165, 1.54) is 25.9 Å². The molecule has 0 N–H and O–H groups in total. The van der Waals surface area contributed by atoms with Crippen molar-refractivity contribution in [1.82, 2.24) is 9.21 Å². The molecular formula is C22H30N2O2S. The zero-order valence-electron chi connectivity index (χ0n) is 16.3. The van der Waals surface area contributed by atoms with E-state index in [0.29, 0.717) is 10.9 Å². The summed E-state index contributed by atoms with van der Waals surface area (Å²) in [6.07, 6.45) is 5.55. The number of piperidine rings is 1. The third kappa shape index (κ3) is 3.65. The summed E-state index contributed by atoms with van der Waals surface area (Å²) in [6.45, 7) is 4.66. The van der Waals surface area contributed by atoms with E-state index in [0.717, 1.165) is 36.0 Å². The minimum Gasteiger partial charge on any atom is -0.300 e. The quantitative estimate of drug-likeness (QED) is 0.794. The number of hydrogen-bond acceptors (Lipinski definition) is 3. The highest BCUT2D eigenvalue weighted by atomic mass is 32.2. The Morgan fingerprint density at radius 3 is 2.44 bits per heavy atom. The molecule has 2 unspecified atom stereocenters. The molecular weight excluding hydrogens is 356 g/mol. The molecule has 0 bridgehead atoms. The molecule has 4 nitrogen and oxygen atoms in total. The normalized spacial score (nSPS) is 25.4. The van der Waals surface area contributed by atoms with E-state index in [9.17, 15) is 8.42 Å². The fraction of sp³-hybridized carbons (Fsp3) is 0.545. The van der Waals surface area contributed by atoms with Gasteiger partial charge in [-0.3, -0.25) is 0 Å². The maximum atomic E-state index is 13.4. The topological polar surface area (TPSA) is 40.6 Å². The first kappa shape index (κ1) is 18.9. The molecule has 2 aromatic rings. The number of benzene rings is 2. The summed E-state index contributed by atoms with van der Waals surface area (Å²) in [5.41, 5.74) is 0. The van der Waals surface area contributed by atoms with Crippen molar-refractivity contribution in [3.05, 3.63) is 42.5 Å². The third-order valence-corrected chi connectivity index (χ3v) is 8.60. The number of rotatable bonds is 4. The molecule has 2 aromatic carbocycles. The molecule has 1 aliphatic heterocycles. The van der Waals surface area contributed by atoms with Crippen LogP contribution in [-0.2, 0) is 10.0 Å². The Kier molecular flexibility index (Phi) is 5.28. The summed E-state index contributed by atoms with van der Waals surface area (Å²) in [4.78, 5) is 3.02. The Balaban J connectivity index is 1.53. The summed E-state index contributed by atoms with van der Waals surface area (Å²) in [5.74, 6) is 0.827. The van der Waals surface area contributed by atoms with Gasteiger partial charge in [0.1, 0.15) is 0 Å². The summed E-state index contributed by atoms with van der Waals surface area (Å²) < 4.78 is 28.4. The highest BCUT2D eigenvalue weighted by Crippen LogP contribution is 2.34. The minimum absolute atomic E-state index is 0.0957. The Hall–Kier alpha value is -1.43. The van der Waals surface area contributed by atoms with Crippen LogP contribution in [0, 0.1) is 5.92 Å². The van der Waals surface area contributed by atoms with E-state index in [1.54, 1.807) is 17.4 Å². The molecule has 0 amide bonds. The average molecular weight is 387 g/mol. The highest BCUT2D eigenvalue weighted by Gasteiger charge is 2.37. The van der Waals surface area contributed by atoms with Crippen LogP contribution in [0.4, 0.5) is 0 Å². The molecule has 5 heteroatoms. The zero-order chi connectivity index (χ0) is 19.0. The SMILES string of the molecule is CC1CCN(C2CCC(N(C)S(=O)(=O)c3cccc4ccccc34)C2)CC1. The molecule has 0 spiro atoms. The largest absolute Gasteiger partial charge is 0.300 e. The Morgan fingerprint density at radius 2 is 1.67 bits per heavy atom. The molecule has 1 aliphatic carbocycles. The first-order valence-electron chi connectivity index (χ1n) is 10.2. The summed E-state index contributed by atoms with van der Waals surface area (Å²) >= 11 is 0. The van der Waals surface area contributed by atoms with Gasteiger partial charge in [-0.25, -0.2) is 8.42 Å². The van der Waals surface area contributed by atoms with Crippen LogP contribution in [0.25, 0.3) is 10.8 Å². The van der Waals surface area contributed by atoms with Crippen molar-refractivity contribution in [2.75, 3.05) is 20.1 Å². The van der Waals surface area contributed by atoms with E-state index in [-0.39, 0.29) is 6.04 Å². The monoisotopic (exact) mass is 386 g/mol. The minimum atomic E-state index is -3.50. The number of fused-ring (bicyclic) bond motifs is 1. The molecule has 0 aromatic heterocycles. The van der Waals surface area contributed by atoms with Crippen LogP contribution in [0.1, 0.15) is 39.0 Å². The van der Waals surface area contributed by atoms with Gasteiger partial charge in [0.15, 0.2) is 0 Å². The second kappa shape index (κ2) is 7.53. The highest BCUT2D eigenvalue weighted by molar-refractivity contribution is 7.89. The Labute approximate surface area is 163 Å². The zero-order valence-corrected chi connectivity index (χ0v) is 17.2. The predicted molar refractivity (Wildman–Crippen MR) is 110 cm³/mol. The lowest BCUT2D eigenvalue weighted by molar-refractivity contribution is 0.136. The second-order valence-corrected chi connectivity index (χ2v) is 10.3. The van der Waals surface area contributed by atoms with Crippen molar-refractivity contribution in [1.29, 1.82) is 0 Å². The van der Waals surface area contributed by atoms with Gasteiger partial charge >= 0.3 is 0 Å². The second-order valence-electron chi connectivity index (χ2n) is 8.34. The van der Waals surface area contributed by atoms with E-state index < -0.39 is 10.0 Å². The molecule has 146 valence electrons. The number of hydrogen-bond donors (Lipinski definition) is 0. The van der Waals surface area contributed by atoms with Crippen LogP contribution in [0.15, 0.2) is 47.4 Å². The van der Waals surface area contributed by atoms with Crippen molar-refractivity contribution in [2.45, 2.75) is 56.0 Å². The predicted octanol–water partition coefficient (Wildman–Crippen LogP) is 4.11. The van der Waals surface area contributed by atoms with Crippen LogP contribution >= 0.6 is 0 Å². The van der Waals surface area contributed by atoms with Gasteiger partial charge in [-0.2, -0.15) is 4.31 Å².